The number of aryl methyl sites for hydroxylation is 1. The zero-order valence-electron chi connectivity index (χ0n) is 50.1. The van der Waals surface area contributed by atoms with E-state index in [-0.39, 0.29) is 81.9 Å². The average molecular weight is 1400 g/mol. The standard InChI is InChI=1S/C60H71Br2FN12O16/c1-3-60(86)39(36(31-76)32-91-59(60)85)19-45-56-38(23-65-45)55-42(7-5-37-33(2)40(63)20-44(73-56)54(37)55)74-58(84)35-29-75(30-35)53(82)28-70-52(81)27-69-51(80)26-68-50(79)25-67-49(78)24-66-48(77)8-10-87-12-14-89-16-17-90-15-13-88-11-9-64-57(83)34-4-6-41-43(18-34)72-47(22-62)46(21-61)71-41/h4,6,18-20,31,35,42,65,86H,3,5,7-17,21-30,32H2,1-2H3,(H,64,83)(H,66,77)(H,67,78)(H,68,79)(H,69,80)(H,70,81)(H,74,84)/b45-19-/t42-,60-/m1/s1. The van der Waals surface area contributed by atoms with Crippen LogP contribution in [0.15, 0.2) is 41.5 Å². The number of aromatic nitrogens is 3. The molecule has 1 saturated heterocycles. The van der Waals surface area contributed by atoms with Crippen LogP contribution >= 0.6 is 31.9 Å². The van der Waals surface area contributed by atoms with Gasteiger partial charge in [-0.25, -0.2) is 24.1 Å². The lowest BCUT2D eigenvalue weighted by atomic mass is 9.81. The van der Waals surface area contributed by atoms with Crippen LogP contribution in [0.5, 0.6) is 0 Å². The summed E-state index contributed by atoms with van der Waals surface area (Å²) in [7, 11) is 0. The van der Waals surface area contributed by atoms with Gasteiger partial charge in [0.25, 0.3) is 5.91 Å². The van der Waals surface area contributed by atoms with Gasteiger partial charge in [0.15, 0.2) is 5.60 Å². The number of hydrogen-bond acceptors (Lipinski definition) is 20. The van der Waals surface area contributed by atoms with Crippen molar-refractivity contribution in [2.24, 2.45) is 5.92 Å². The molecule has 91 heavy (non-hydrogen) atoms. The Kier molecular flexibility index (Phi) is 24.9. The number of pyridine rings is 1. The summed E-state index contributed by atoms with van der Waals surface area (Å²) >= 11 is 6.85. The maximum atomic E-state index is 15.4. The number of alkyl halides is 2. The summed E-state index contributed by atoms with van der Waals surface area (Å²) in [5.41, 5.74) is 5.32. The molecule has 9 N–H and O–H groups in total. The third-order valence-electron chi connectivity index (χ3n) is 15.5. The van der Waals surface area contributed by atoms with E-state index >= 15 is 4.39 Å². The molecule has 2 aromatic heterocycles. The van der Waals surface area contributed by atoms with Crippen molar-refractivity contribution < 1.29 is 81.1 Å². The van der Waals surface area contributed by atoms with Crippen LogP contribution in [-0.2, 0) is 90.5 Å². The summed E-state index contributed by atoms with van der Waals surface area (Å²) in [5.74, 6) is -6.24. The van der Waals surface area contributed by atoms with E-state index in [0.717, 1.165) is 22.5 Å². The Morgan fingerprint density at radius 1 is 0.758 bits per heavy atom. The molecular formula is C60H71Br2FN12O16. The molecule has 2 atom stereocenters. The number of likely N-dealkylation sites (tertiary alicyclic amines) is 1. The number of fused-ring (bicyclic) bond motifs is 3. The minimum atomic E-state index is -2.09. The molecule has 488 valence electrons. The summed E-state index contributed by atoms with van der Waals surface area (Å²) in [6, 6.07) is 5.98. The summed E-state index contributed by atoms with van der Waals surface area (Å²) in [6.45, 7) is 3.38. The fourth-order valence-electron chi connectivity index (χ4n) is 10.4. The van der Waals surface area contributed by atoms with Crippen LogP contribution in [0.1, 0.15) is 81.9 Å². The van der Waals surface area contributed by atoms with E-state index < -0.39 is 97.5 Å². The Hall–Kier alpha value is -7.94. The number of rotatable bonds is 33. The molecule has 0 bridgehead atoms. The first kappa shape index (κ1) is 69.0. The van der Waals surface area contributed by atoms with Crippen LogP contribution in [0.25, 0.3) is 27.6 Å². The highest BCUT2D eigenvalue weighted by Gasteiger charge is 2.45. The van der Waals surface area contributed by atoms with Gasteiger partial charge < -0.3 is 76.2 Å². The van der Waals surface area contributed by atoms with E-state index in [0.29, 0.717) is 119 Å². The predicted octanol–water partition coefficient (Wildman–Crippen LogP) is 0.0822. The molecule has 2 aromatic carbocycles. The Labute approximate surface area is 538 Å². The van der Waals surface area contributed by atoms with Crippen LogP contribution < -0.4 is 42.5 Å². The lowest BCUT2D eigenvalue weighted by Gasteiger charge is -2.39. The van der Waals surface area contributed by atoms with Crippen molar-refractivity contribution in [2.75, 3.05) is 112 Å². The number of carbonyl (C=O) groups excluding carboxylic acids is 10. The van der Waals surface area contributed by atoms with E-state index in [4.69, 9.17) is 28.7 Å². The molecule has 8 rings (SSSR count). The molecule has 3 aliphatic heterocycles. The molecule has 1 fully saturated rings. The zero-order chi connectivity index (χ0) is 65.2. The number of ether oxygens (including phenoxy) is 5. The van der Waals surface area contributed by atoms with Crippen molar-refractivity contribution in [1.29, 1.82) is 0 Å². The smallest absolute Gasteiger partial charge is 0.343 e. The molecule has 4 aliphatic rings. The van der Waals surface area contributed by atoms with Gasteiger partial charge in [0.1, 0.15) is 18.7 Å². The highest BCUT2D eigenvalue weighted by atomic mass is 79.9. The van der Waals surface area contributed by atoms with Gasteiger partial charge in [-0.1, -0.05) is 38.8 Å². The SMILES string of the molecule is CC[C@]1(O)C(=O)OCC(C=O)=C1/C=C1\NCc2c1nc1cc(F)c(C)c3c1c2[C@H](NC(=O)C1CN(C(=O)CNC(=O)CNC(=O)CNC(=O)CNC(=O)CNC(=O)CCOCCOCCOCCOCCNC(=O)c2ccc4nc(CBr)c(CBr)nc4c2)C1)CC3. The van der Waals surface area contributed by atoms with Crippen molar-refractivity contribution in [2.45, 2.75) is 68.4 Å². The van der Waals surface area contributed by atoms with Crippen molar-refractivity contribution in [3.63, 3.8) is 0 Å². The first-order valence-corrected chi connectivity index (χ1v) is 31.7. The Bertz CT molecular complexity index is 3530. The Balaban J connectivity index is 0.624. The molecule has 0 unspecified atom stereocenters. The lowest BCUT2D eigenvalue weighted by Crippen LogP contribution is -2.58. The van der Waals surface area contributed by atoms with Crippen molar-refractivity contribution >= 4 is 119 Å². The van der Waals surface area contributed by atoms with Crippen LogP contribution in [0.4, 0.5) is 4.39 Å². The fourth-order valence-corrected chi connectivity index (χ4v) is 11.3. The maximum absolute atomic E-state index is 15.4. The Morgan fingerprint density at radius 2 is 1.34 bits per heavy atom. The molecular weight excluding hydrogens is 1320 g/mol. The second-order valence-corrected chi connectivity index (χ2v) is 22.6. The number of aliphatic hydroxyl groups is 1. The molecule has 8 amide bonds. The van der Waals surface area contributed by atoms with E-state index in [2.05, 4.69) is 84.4 Å². The van der Waals surface area contributed by atoms with Gasteiger partial charge in [0.2, 0.25) is 41.4 Å². The van der Waals surface area contributed by atoms with Gasteiger partial charge in [-0.15, -0.1) is 0 Å². The Morgan fingerprint density at radius 3 is 1.95 bits per heavy atom. The quantitative estimate of drug-likeness (QED) is 0.0132. The van der Waals surface area contributed by atoms with Gasteiger partial charge in [-0.05, 0) is 67.2 Å². The number of cyclic esters (lactones) is 1. The molecule has 4 aromatic rings. The third-order valence-corrected chi connectivity index (χ3v) is 16.6. The molecule has 0 saturated carbocycles. The van der Waals surface area contributed by atoms with Crippen molar-refractivity contribution in [1.82, 2.24) is 62.4 Å². The van der Waals surface area contributed by atoms with Crippen LogP contribution in [0, 0.1) is 18.7 Å². The normalized spacial score (nSPS) is 17.2. The monoisotopic (exact) mass is 1390 g/mol. The number of carbonyl (C=O) groups is 10. The van der Waals surface area contributed by atoms with Crippen LogP contribution in [0.3, 0.4) is 0 Å². The number of esters is 1. The summed E-state index contributed by atoms with van der Waals surface area (Å²) in [5, 5.41) is 34.2. The highest BCUT2D eigenvalue weighted by Crippen LogP contribution is 2.44. The van der Waals surface area contributed by atoms with Crippen molar-refractivity contribution in [3.05, 3.63) is 92.2 Å². The van der Waals surface area contributed by atoms with Gasteiger partial charge in [0, 0.05) is 77.0 Å². The lowest BCUT2D eigenvalue weighted by molar-refractivity contribution is -0.162. The van der Waals surface area contributed by atoms with Gasteiger partial charge >= 0.3 is 5.97 Å². The molecule has 0 radical (unpaired) electrons. The second kappa shape index (κ2) is 32.9. The summed E-state index contributed by atoms with van der Waals surface area (Å²) in [4.78, 5) is 141. The van der Waals surface area contributed by atoms with Gasteiger partial charge in [0.05, 0.1) is 137 Å². The van der Waals surface area contributed by atoms with E-state index in [1.54, 1.807) is 32.0 Å². The zero-order valence-corrected chi connectivity index (χ0v) is 53.3. The average Bonchev–Trinajstić information content (AvgIpc) is 1.72. The largest absolute Gasteiger partial charge is 0.458 e. The van der Waals surface area contributed by atoms with Gasteiger partial charge in [-0.3, -0.25) is 43.2 Å². The highest BCUT2D eigenvalue weighted by molar-refractivity contribution is 9.09. The molecule has 31 heteroatoms. The predicted molar refractivity (Wildman–Crippen MR) is 330 cm³/mol. The number of nitrogens with one attached hydrogen (secondary N) is 8. The first-order chi connectivity index (χ1) is 43.8. The van der Waals surface area contributed by atoms with Crippen LogP contribution in [-0.4, -0.2) is 202 Å². The second-order valence-electron chi connectivity index (χ2n) is 21.5. The summed E-state index contributed by atoms with van der Waals surface area (Å²) < 4.78 is 42.3. The minimum absolute atomic E-state index is 0.0352. The van der Waals surface area contributed by atoms with E-state index in [1.165, 1.54) is 17.0 Å². The number of halogens is 3. The molecule has 1 aliphatic carbocycles. The molecule has 28 nitrogen and oxygen atoms in total. The van der Waals surface area contributed by atoms with E-state index in [9.17, 15) is 53.1 Å². The van der Waals surface area contributed by atoms with E-state index in [1.807, 2.05) is 0 Å². The third kappa shape index (κ3) is 17.8. The minimum Gasteiger partial charge on any atom is -0.458 e. The van der Waals surface area contributed by atoms with Crippen molar-refractivity contribution in [3.8, 4) is 0 Å². The van der Waals surface area contributed by atoms with Crippen LogP contribution in [0.2, 0.25) is 0 Å². The number of benzene rings is 2. The van der Waals surface area contributed by atoms with Gasteiger partial charge in [-0.2, -0.15) is 0 Å². The number of hydrogen-bond donors (Lipinski definition) is 9. The number of aldehydes is 1. The molecule has 0 spiro atoms. The fraction of sp³-hybridized carbons (Fsp3) is 0.483. The number of amides is 8. The summed E-state index contributed by atoms with van der Waals surface area (Å²) in [6.07, 6.45) is 2.78. The first-order valence-electron chi connectivity index (χ1n) is 29.5. The topological polar surface area (TPSA) is 375 Å². The number of nitrogens with zero attached hydrogens (tertiary/aromatic N) is 4. The maximum Gasteiger partial charge on any atom is 0.343 e. The molecule has 5 heterocycles.